The lowest BCUT2D eigenvalue weighted by Crippen LogP contribution is -2.36. The van der Waals surface area contributed by atoms with Gasteiger partial charge in [-0.3, -0.25) is 19.2 Å². The molecule has 0 spiro atoms. The Labute approximate surface area is 193 Å². The van der Waals surface area contributed by atoms with E-state index in [0.29, 0.717) is 13.1 Å². The molecule has 0 unspecified atom stereocenters. The number of rotatable bonds is 5. The summed E-state index contributed by atoms with van der Waals surface area (Å²) in [7, 11) is 0. The molecule has 5 rings (SSSR count). The third-order valence-corrected chi connectivity index (χ3v) is 6.51. The maximum absolute atomic E-state index is 14.0. The van der Waals surface area contributed by atoms with Gasteiger partial charge in [-0.05, 0) is 62.7 Å². The fraction of sp³-hybridized carbons (Fsp3) is 0.400. The summed E-state index contributed by atoms with van der Waals surface area (Å²) < 4.78 is 16.1. The molecule has 1 aromatic heterocycles. The first-order chi connectivity index (χ1) is 16.1. The van der Waals surface area contributed by atoms with Gasteiger partial charge in [-0.25, -0.2) is 4.39 Å². The molecule has 0 aliphatic carbocycles. The van der Waals surface area contributed by atoms with Gasteiger partial charge in [0.2, 0.25) is 5.91 Å². The van der Waals surface area contributed by atoms with E-state index in [-0.39, 0.29) is 11.7 Å². The molecule has 33 heavy (non-hydrogen) atoms. The quantitative estimate of drug-likeness (QED) is 0.650. The van der Waals surface area contributed by atoms with Crippen molar-refractivity contribution in [3.05, 3.63) is 71.1 Å². The van der Waals surface area contributed by atoms with Gasteiger partial charge in [-0.2, -0.15) is 0 Å². The Morgan fingerprint density at radius 1 is 1.03 bits per heavy atom. The smallest absolute Gasteiger partial charge is 0.238 e. The number of aromatic nitrogens is 3. The second-order valence-corrected chi connectivity index (χ2v) is 8.89. The second kappa shape index (κ2) is 9.41. The minimum absolute atomic E-state index is 0.00511. The fourth-order valence-electron chi connectivity index (χ4n) is 4.82. The molecule has 0 radical (unpaired) electrons. The van der Waals surface area contributed by atoms with Gasteiger partial charge in [0.15, 0.2) is 0 Å². The van der Waals surface area contributed by atoms with Crippen molar-refractivity contribution in [2.75, 3.05) is 38.0 Å². The molecule has 0 bridgehead atoms. The lowest BCUT2D eigenvalue weighted by Gasteiger charge is -2.22. The normalized spacial score (nSPS) is 16.7. The van der Waals surface area contributed by atoms with Gasteiger partial charge in [-0.15, -0.1) is 10.2 Å². The molecule has 7 nitrogen and oxygen atoms in total. The first kappa shape index (κ1) is 21.7. The molecule has 1 amide bonds. The van der Waals surface area contributed by atoms with Crippen molar-refractivity contribution in [1.29, 1.82) is 0 Å². The number of hydrogen-bond donors (Lipinski definition) is 1. The maximum atomic E-state index is 14.0. The number of nitrogens with one attached hydrogen (secondary N) is 1. The van der Waals surface area contributed by atoms with Crippen LogP contribution in [0.2, 0.25) is 0 Å². The number of carbonyl (C=O) groups is 1. The number of fused-ring (bicyclic) bond motifs is 3. The first-order valence-electron chi connectivity index (χ1n) is 11.6. The molecule has 0 saturated carbocycles. The van der Waals surface area contributed by atoms with Gasteiger partial charge in [0.1, 0.15) is 17.5 Å². The average Bonchev–Trinajstić information content (AvgIpc) is 3.05. The lowest BCUT2D eigenvalue weighted by molar-refractivity contribution is -0.117. The monoisotopic (exact) mass is 448 g/mol. The minimum atomic E-state index is -0.154. The minimum Gasteiger partial charge on any atom is -0.325 e. The van der Waals surface area contributed by atoms with Crippen molar-refractivity contribution in [3.63, 3.8) is 0 Å². The molecule has 1 saturated heterocycles. The number of benzene rings is 2. The molecule has 0 atom stereocenters. The highest BCUT2D eigenvalue weighted by Crippen LogP contribution is 2.27. The third kappa shape index (κ3) is 4.82. The summed E-state index contributed by atoms with van der Waals surface area (Å²) in [6, 6.07) is 13.0. The Hall–Kier alpha value is -3.10. The summed E-state index contributed by atoms with van der Waals surface area (Å²) in [6.45, 7) is 6.31. The van der Waals surface area contributed by atoms with E-state index in [0.717, 1.165) is 74.0 Å². The summed E-state index contributed by atoms with van der Waals surface area (Å²) in [5, 5.41) is 11.5. The highest BCUT2D eigenvalue weighted by Gasteiger charge is 2.21. The molecule has 3 aromatic rings. The van der Waals surface area contributed by atoms with Crippen LogP contribution in [0.4, 0.5) is 10.1 Å². The number of anilines is 1. The van der Waals surface area contributed by atoms with Gasteiger partial charge < -0.3 is 5.32 Å². The summed E-state index contributed by atoms with van der Waals surface area (Å²) in [4.78, 5) is 17.2. The van der Waals surface area contributed by atoms with E-state index in [9.17, 15) is 9.18 Å². The van der Waals surface area contributed by atoms with Crippen LogP contribution in [0.5, 0.6) is 0 Å². The molecule has 172 valence electrons. The molecule has 2 aliphatic heterocycles. The number of aryl methyl sites for hydroxylation is 3. The molecular formula is C25H29FN6O. The summed E-state index contributed by atoms with van der Waals surface area (Å²) in [6.07, 6.45) is 2.70. The summed E-state index contributed by atoms with van der Waals surface area (Å²) in [5.74, 6) is 1.71. The van der Waals surface area contributed by atoms with E-state index >= 15 is 0 Å². The van der Waals surface area contributed by atoms with Crippen LogP contribution in [0.15, 0.2) is 42.5 Å². The Kier molecular flexibility index (Phi) is 6.20. The molecule has 2 aromatic carbocycles. The third-order valence-electron chi connectivity index (χ3n) is 6.51. The second-order valence-electron chi connectivity index (χ2n) is 8.89. The predicted molar refractivity (Wildman–Crippen MR) is 125 cm³/mol. The molecule has 8 heteroatoms. The van der Waals surface area contributed by atoms with Crippen molar-refractivity contribution in [2.45, 2.75) is 32.7 Å². The van der Waals surface area contributed by atoms with Crippen LogP contribution >= 0.6 is 0 Å². The van der Waals surface area contributed by atoms with Crippen LogP contribution in [0, 0.1) is 12.7 Å². The van der Waals surface area contributed by atoms with Gasteiger partial charge in [-0.1, -0.05) is 18.2 Å². The van der Waals surface area contributed by atoms with Crippen LogP contribution in [0.1, 0.15) is 29.2 Å². The molecule has 3 heterocycles. The van der Waals surface area contributed by atoms with Crippen molar-refractivity contribution in [3.8, 4) is 5.69 Å². The van der Waals surface area contributed by atoms with E-state index in [1.54, 1.807) is 6.07 Å². The van der Waals surface area contributed by atoms with Crippen LogP contribution in [0.25, 0.3) is 5.69 Å². The van der Waals surface area contributed by atoms with E-state index in [4.69, 9.17) is 0 Å². The SMILES string of the molecule is Cc1nnc2n1-c1ccc(NC(=O)CN3CCCN(Cc4ccccc4F)CC3)cc1CC2. The fourth-order valence-corrected chi connectivity index (χ4v) is 4.82. The van der Waals surface area contributed by atoms with Gasteiger partial charge in [0.05, 0.1) is 12.2 Å². The zero-order valence-electron chi connectivity index (χ0n) is 18.9. The topological polar surface area (TPSA) is 66.3 Å². The summed E-state index contributed by atoms with van der Waals surface area (Å²) >= 11 is 0. The van der Waals surface area contributed by atoms with Gasteiger partial charge >= 0.3 is 0 Å². The van der Waals surface area contributed by atoms with Crippen LogP contribution < -0.4 is 5.32 Å². The average molecular weight is 449 g/mol. The summed E-state index contributed by atoms with van der Waals surface area (Å²) in [5.41, 5.74) is 3.84. The highest BCUT2D eigenvalue weighted by atomic mass is 19.1. The van der Waals surface area contributed by atoms with Gasteiger partial charge in [0.25, 0.3) is 0 Å². The van der Waals surface area contributed by atoms with E-state index in [1.807, 2.05) is 31.2 Å². The van der Waals surface area contributed by atoms with Crippen LogP contribution in [-0.2, 0) is 24.2 Å². The molecule has 1 fully saturated rings. The standard InChI is InChI=1S/C25H29FN6O/c1-18-28-29-24-10-7-19-15-21(8-9-23(19)32(18)24)27-25(33)17-31-12-4-11-30(13-14-31)16-20-5-2-3-6-22(20)26/h2-3,5-6,8-9,15H,4,7,10-14,16-17H2,1H3,(H,27,33). The lowest BCUT2D eigenvalue weighted by atomic mass is 10.0. The highest BCUT2D eigenvalue weighted by molar-refractivity contribution is 5.92. The van der Waals surface area contributed by atoms with Crippen LogP contribution in [0.3, 0.4) is 0 Å². The molecular weight excluding hydrogens is 419 g/mol. The Bertz CT molecular complexity index is 1160. The van der Waals surface area contributed by atoms with Crippen molar-refractivity contribution < 1.29 is 9.18 Å². The molecule has 1 N–H and O–H groups in total. The number of amides is 1. The maximum Gasteiger partial charge on any atom is 0.238 e. The Morgan fingerprint density at radius 3 is 2.73 bits per heavy atom. The van der Waals surface area contributed by atoms with E-state index in [2.05, 4.69) is 35.9 Å². The van der Waals surface area contributed by atoms with Crippen LogP contribution in [-0.4, -0.2) is 63.2 Å². The zero-order chi connectivity index (χ0) is 22.8. The molecule has 2 aliphatic rings. The number of nitrogens with zero attached hydrogens (tertiary/aromatic N) is 5. The zero-order valence-corrected chi connectivity index (χ0v) is 18.9. The van der Waals surface area contributed by atoms with E-state index < -0.39 is 0 Å². The van der Waals surface area contributed by atoms with Crippen molar-refractivity contribution in [2.24, 2.45) is 0 Å². The Balaban J connectivity index is 1.16. The number of hydrogen-bond acceptors (Lipinski definition) is 5. The largest absolute Gasteiger partial charge is 0.325 e. The first-order valence-corrected chi connectivity index (χ1v) is 11.6. The number of carbonyl (C=O) groups excluding carboxylic acids is 1. The van der Waals surface area contributed by atoms with E-state index in [1.165, 1.54) is 11.6 Å². The van der Waals surface area contributed by atoms with Crippen molar-refractivity contribution >= 4 is 11.6 Å². The van der Waals surface area contributed by atoms with Crippen molar-refractivity contribution in [1.82, 2.24) is 24.6 Å². The Morgan fingerprint density at radius 2 is 1.85 bits per heavy atom. The predicted octanol–water partition coefficient (Wildman–Crippen LogP) is 2.96. The van der Waals surface area contributed by atoms with Gasteiger partial charge in [0, 0.05) is 37.3 Å². The number of halogens is 1.